The number of carbonyl (C=O) groups excluding carboxylic acids is 2. The molecule has 0 saturated carbocycles. The van der Waals surface area contributed by atoms with E-state index in [9.17, 15) is 9.59 Å². The van der Waals surface area contributed by atoms with E-state index in [1.807, 2.05) is 34.6 Å². The van der Waals surface area contributed by atoms with E-state index in [4.69, 9.17) is 9.47 Å². The lowest BCUT2D eigenvalue weighted by Crippen LogP contribution is -2.33. The van der Waals surface area contributed by atoms with E-state index in [0.29, 0.717) is 11.6 Å². The normalized spacial score (nSPS) is 16.4. The van der Waals surface area contributed by atoms with Gasteiger partial charge in [0.2, 0.25) is 5.78 Å². The molecule has 0 atom stereocenters. The Kier molecular flexibility index (Phi) is 7.14. The summed E-state index contributed by atoms with van der Waals surface area (Å²) in [4.78, 5) is 25.0. The van der Waals surface area contributed by atoms with Gasteiger partial charge in [-0.15, -0.1) is 11.8 Å². The zero-order valence-electron chi connectivity index (χ0n) is 17.3. The van der Waals surface area contributed by atoms with Gasteiger partial charge in [-0.05, 0) is 44.4 Å². The zero-order chi connectivity index (χ0) is 20.2. The summed E-state index contributed by atoms with van der Waals surface area (Å²) in [5.74, 6) is 0.878. The summed E-state index contributed by atoms with van der Waals surface area (Å²) >= 11 is 1.59. The molecule has 0 aliphatic carbocycles. The summed E-state index contributed by atoms with van der Waals surface area (Å²) in [6, 6.07) is 1.78. The summed E-state index contributed by atoms with van der Waals surface area (Å²) in [6.07, 6.45) is 2.07. The number of Topliss-reactive ketones (excluding diaryl/α,β-unsaturated/α-hetero) is 1. The Morgan fingerprint density at radius 2 is 1.89 bits per heavy atom. The summed E-state index contributed by atoms with van der Waals surface area (Å²) in [7, 11) is 1.73. The average molecular weight is 397 g/mol. The molecule has 0 spiro atoms. The van der Waals surface area contributed by atoms with E-state index in [2.05, 4.69) is 5.10 Å². The van der Waals surface area contributed by atoms with E-state index in [-0.39, 0.29) is 23.8 Å². The molecule has 1 saturated heterocycles. The number of hydrogen-bond donors (Lipinski definition) is 0. The van der Waals surface area contributed by atoms with Crippen molar-refractivity contribution >= 4 is 23.5 Å². The van der Waals surface area contributed by atoms with Crippen LogP contribution in [0.4, 0.5) is 0 Å². The van der Waals surface area contributed by atoms with E-state index >= 15 is 0 Å². The zero-order valence-corrected chi connectivity index (χ0v) is 18.1. The molecular formula is C20H32N2O4S. The standard InChI is InChI=1S/C20H32N2O4S/c1-19(2,3)17-11-15(22(6)21-17)16(23)12-26-18(24)20(4,5)27-13-14-7-9-25-10-8-14/h11,14H,7-10,12-13H2,1-6H3. The summed E-state index contributed by atoms with van der Waals surface area (Å²) in [5.41, 5.74) is 1.16. The first-order chi connectivity index (χ1) is 12.5. The molecule has 0 radical (unpaired) electrons. The molecule has 0 N–H and O–H groups in total. The van der Waals surface area contributed by atoms with Gasteiger partial charge in [-0.3, -0.25) is 14.3 Å². The number of carbonyl (C=O) groups is 2. The van der Waals surface area contributed by atoms with Gasteiger partial charge in [-0.25, -0.2) is 0 Å². The average Bonchev–Trinajstić information content (AvgIpc) is 3.01. The Labute approximate surface area is 166 Å². The third-order valence-electron chi connectivity index (χ3n) is 4.78. The van der Waals surface area contributed by atoms with E-state index in [1.165, 1.54) is 0 Å². The number of aromatic nitrogens is 2. The molecule has 0 unspecified atom stereocenters. The van der Waals surface area contributed by atoms with Crippen molar-refractivity contribution in [3.63, 3.8) is 0 Å². The van der Waals surface area contributed by atoms with E-state index in [0.717, 1.165) is 37.5 Å². The van der Waals surface area contributed by atoms with Crippen molar-refractivity contribution < 1.29 is 19.1 Å². The Morgan fingerprint density at radius 1 is 1.26 bits per heavy atom. The van der Waals surface area contributed by atoms with Crippen molar-refractivity contribution in [3.05, 3.63) is 17.5 Å². The predicted octanol–water partition coefficient (Wildman–Crippen LogP) is 3.38. The number of ether oxygens (including phenoxy) is 2. The first-order valence-corrected chi connectivity index (χ1v) is 10.5. The fourth-order valence-electron chi connectivity index (χ4n) is 2.77. The minimum atomic E-state index is -0.679. The minimum Gasteiger partial charge on any atom is -0.456 e. The molecular weight excluding hydrogens is 364 g/mol. The molecule has 7 heteroatoms. The molecule has 0 aromatic carbocycles. The molecule has 1 fully saturated rings. The quantitative estimate of drug-likeness (QED) is 0.520. The van der Waals surface area contributed by atoms with Crippen molar-refractivity contribution in [2.75, 3.05) is 25.6 Å². The van der Waals surface area contributed by atoms with Gasteiger partial charge >= 0.3 is 5.97 Å². The van der Waals surface area contributed by atoms with Crippen LogP contribution in [0.5, 0.6) is 0 Å². The predicted molar refractivity (Wildman–Crippen MR) is 107 cm³/mol. The fraction of sp³-hybridized carbons (Fsp3) is 0.750. The topological polar surface area (TPSA) is 70.4 Å². The molecule has 0 bridgehead atoms. The summed E-state index contributed by atoms with van der Waals surface area (Å²) in [6.45, 7) is 11.2. The van der Waals surface area contributed by atoms with Gasteiger partial charge in [0.15, 0.2) is 6.61 Å². The number of ketones is 1. The molecule has 0 amide bonds. The maximum atomic E-state index is 12.5. The van der Waals surface area contributed by atoms with Crippen LogP contribution in [-0.4, -0.2) is 51.9 Å². The highest BCUT2D eigenvalue weighted by atomic mass is 32.2. The monoisotopic (exact) mass is 396 g/mol. The maximum absolute atomic E-state index is 12.5. The second-order valence-electron chi connectivity index (χ2n) is 8.66. The van der Waals surface area contributed by atoms with Crippen molar-refractivity contribution in [1.82, 2.24) is 9.78 Å². The van der Waals surface area contributed by atoms with Crippen LogP contribution in [0.1, 0.15) is 63.6 Å². The van der Waals surface area contributed by atoms with Crippen LogP contribution >= 0.6 is 11.8 Å². The van der Waals surface area contributed by atoms with E-state index < -0.39 is 4.75 Å². The van der Waals surface area contributed by atoms with Crippen LogP contribution in [0.15, 0.2) is 6.07 Å². The molecule has 6 nitrogen and oxygen atoms in total. The lowest BCUT2D eigenvalue weighted by atomic mass is 9.92. The molecule has 152 valence electrons. The van der Waals surface area contributed by atoms with Gasteiger partial charge in [0, 0.05) is 25.7 Å². The lowest BCUT2D eigenvalue weighted by molar-refractivity contribution is -0.144. The van der Waals surface area contributed by atoms with Gasteiger partial charge in [-0.2, -0.15) is 5.10 Å². The van der Waals surface area contributed by atoms with Crippen molar-refractivity contribution in [2.45, 2.75) is 57.6 Å². The summed E-state index contributed by atoms with van der Waals surface area (Å²) < 4.78 is 11.6. The molecule has 1 aromatic rings. The number of rotatable bonds is 7. The van der Waals surface area contributed by atoms with Crippen LogP contribution in [0, 0.1) is 5.92 Å². The van der Waals surface area contributed by atoms with Gasteiger partial charge < -0.3 is 9.47 Å². The third kappa shape index (κ3) is 6.07. The van der Waals surface area contributed by atoms with Crippen LogP contribution in [-0.2, 0) is 26.7 Å². The summed E-state index contributed by atoms with van der Waals surface area (Å²) in [5, 5.41) is 4.40. The second kappa shape index (κ2) is 8.78. The van der Waals surface area contributed by atoms with Crippen molar-refractivity contribution in [2.24, 2.45) is 13.0 Å². The second-order valence-corrected chi connectivity index (χ2v) is 10.3. The highest BCUT2D eigenvalue weighted by Gasteiger charge is 2.32. The minimum absolute atomic E-state index is 0.143. The lowest BCUT2D eigenvalue weighted by Gasteiger charge is -2.27. The Morgan fingerprint density at radius 3 is 2.44 bits per heavy atom. The van der Waals surface area contributed by atoms with Crippen molar-refractivity contribution in [1.29, 1.82) is 0 Å². The number of aryl methyl sites for hydroxylation is 1. The fourth-order valence-corrected chi connectivity index (χ4v) is 3.93. The molecule has 1 aliphatic rings. The SMILES string of the molecule is Cn1nc(C(C)(C)C)cc1C(=O)COC(=O)C(C)(C)SCC1CCOCC1. The van der Waals surface area contributed by atoms with Crippen LogP contribution < -0.4 is 0 Å². The Hall–Kier alpha value is -1.34. The number of esters is 1. The Balaban J connectivity index is 1.88. The molecule has 2 rings (SSSR count). The van der Waals surface area contributed by atoms with Crippen LogP contribution in [0.25, 0.3) is 0 Å². The van der Waals surface area contributed by atoms with Gasteiger partial charge in [-0.1, -0.05) is 20.8 Å². The number of thioether (sulfide) groups is 1. The van der Waals surface area contributed by atoms with Crippen molar-refractivity contribution in [3.8, 4) is 0 Å². The molecule has 27 heavy (non-hydrogen) atoms. The highest BCUT2D eigenvalue weighted by Crippen LogP contribution is 2.31. The van der Waals surface area contributed by atoms with Crippen LogP contribution in [0.3, 0.4) is 0 Å². The molecule has 1 aliphatic heterocycles. The Bertz CT molecular complexity index is 670. The highest BCUT2D eigenvalue weighted by molar-refractivity contribution is 8.01. The largest absolute Gasteiger partial charge is 0.456 e. The van der Waals surface area contributed by atoms with E-state index in [1.54, 1.807) is 29.6 Å². The first kappa shape index (κ1) is 22.0. The number of nitrogens with zero attached hydrogens (tertiary/aromatic N) is 2. The maximum Gasteiger partial charge on any atom is 0.322 e. The smallest absolute Gasteiger partial charge is 0.322 e. The van der Waals surface area contributed by atoms with Crippen LogP contribution in [0.2, 0.25) is 0 Å². The molecule has 1 aromatic heterocycles. The first-order valence-electron chi connectivity index (χ1n) is 9.47. The van der Waals surface area contributed by atoms with Gasteiger partial charge in [0.1, 0.15) is 10.4 Å². The third-order valence-corrected chi connectivity index (χ3v) is 6.31. The van der Waals surface area contributed by atoms with Gasteiger partial charge in [0.25, 0.3) is 0 Å². The number of hydrogen-bond acceptors (Lipinski definition) is 6. The van der Waals surface area contributed by atoms with Gasteiger partial charge in [0.05, 0.1) is 5.69 Å². The molecule has 2 heterocycles.